The third-order valence-corrected chi connectivity index (χ3v) is 4.39. The highest BCUT2D eigenvalue weighted by Crippen LogP contribution is 2.29. The Balaban J connectivity index is 1.85. The molecule has 2 aromatic rings. The summed E-state index contributed by atoms with van der Waals surface area (Å²) < 4.78 is 0. The van der Waals surface area contributed by atoms with Gasteiger partial charge >= 0.3 is 0 Å². The maximum absolute atomic E-state index is 12.4. The summed E-state index contributed by atoms with van der Waals surface area (Å²) in [6.07, 6.45) is 2.44. The molecule has 0 aliphatic carbocycles. The van der Waals surface area contributed by atoms with Gasteiger partial charge in [-0.1, -0.05) is 23.2 Å². The molecule has 5 nitrogen and oxygen atoms in total. The number of aromatic nitrogens is 1. The molecule has 0 bridgehead atoms. The molecular formula is C15H15Cl2N3O2. The van der Waals surface area contributed by atoms with Crippen molar-refractivity contribution in [2.45, 2.75) is 25.3 Å². The van der Waals surface area contributed by atoms with Crippen LogP contribution in [0.3, 0.4) is 0 Å². The maximum atomic E-state index is 12.4. The summed E-state index contributed by atoms with van der Waals surface area (Å²) in [5, 5.41) is 7.07. The fraction of sp³-hybridized carbons (Fsp3) is 0.333. The summed E-state index contributed by atoms with van der Waals surface area (Å²) >= 11 is 12.2. The molecule has 1 unspecified atom stereocenters. The van der Waals surface area contributed by atoms with Crippen molar-refractivity contribution in [3.8, 4) is 0 Å². The Kier molecular flexibility index (Phi) is 4.27. The van der Waals surface area contributed by atoms with E-state index in [4.69, 9.17) is 23.2 Å². The Hall–Kier alpha value is -1.72. The number of halogens is 2. The van der Waals surface area contributed by atoms with Crippen LogP contribution in [-0.4, -0.2) is 29.4 Å². The van der Waals surface area contributed by atoms with E-state index in [1.165, 1.54) is 0 Å². The molecular weight excluding hydrogens is 325 g/mol. The SMILES string of the molecule is O=C(NC1CCCCNC1=O)c1[nH]c2ccc(Cl)cc2c1Cl. The van der Waals surface area contributed by atoms with E-state index < -0.39 is 6.04 Å². The van der Waals surface area contributed by atoms with Gasteiger partial charge in [0, 0.05) is 22.5 Å². The first-order valence-corrected chi connectivity index (χ1v) is 7.87. The predicted molar refractivity (Wildman–Crippen MR) is 86.4 cm³/mol. The van der Waals surface area contributed by atoms with Crippen molar-refractivity contribution in [3.63, 3.8) is 0 Å². The number of H-pyrrole nitrogens is 1. The highest BCUT2D eigenvalue weighted by Gasteiger charge is 2.25. The summed E-state index contributed by atoms with van der Waals surface area (Å²) in [7, 11) is 0. The molecule has 0 saturated carbocycles. The second kappa shape index (κ2) is 6.18. The van der Waals surface area contributed by atoms with E-state index in [1.807, 2.05) is 0 Å². The van der Waals surface area contributed by atoms with Crippen LogP contribution in [0.1, 0.15) is 29.8 Å². The van der Waals surface area contributed by atoms with Gasteiger partial charge in [-0.2, -0.15) is 0 Å². The van der Waals surface area contributed by atoms with E-state index in [1.54, 1.807) is 18.2 Å². The van der Waals surface area contributed by atoms with Crippen LogP contribution in [0.2, 0.25) is 10.0 Å². The van der Waals surface area contributed by atoms with E-state index >= 15 is 0 Å². The van der Waals surface area contributed by atoms with Crippen LogP contribution >= 0.6 is 23.2 Å². The molecule has 1 aliphatic rings. The molecule has 1 saturated heterocycles. The summed E-state index contributed by atoms with van der Waals surface area (Å²) in [5.74, 6) is -0.541. The number of benzene rings is 1. The highest BCUT2D eigenvalue weighted by atomic mass is 35.5. The Bertz CT molecular complexity index is 742. The molecule has 1 aromatic heterocycles. The molecule has 7 heteroatoms. The number of hydrogen-bond donors (Lipinski definition) is 3. The van der Waals surface area contributed by atoms with Crippen LogP contribution in [0.5, 0.6) is 0 Å². The van der Waals surface area contributed by atoms with Crippen molar-refractivity contribution in [2.24, 2.45) is 0 Å². The zero-order chi connectivity index (χ0) is 15.7. The standard InChI is InChI=1S/C15H15Cl2N3O2/c16-8-4-5-10-9(7-8)12(17)13(19-10)15(22)20-11-3-1-2-6-18-14(11)21/h4-5,7,11,19H,1-3,6H2,(H,18,21)(H,20,22). The van der Waals surface area contributed by atoms with Crippen LogP contribution in [-0.2, 0) is 4.79 Å². The number of nitrogens with one attached hydrogen (secondary N) is 3. The van der Waals surface area contributed by atoms with Crippen molar-refractivity contribution >= 4 is 45.9 Å². The molecule has 3 rings (SSSR count). The molecule has 116 valence electrons. The van der Waals surface area contributed by atoms with Crippen molar-refractivity contribution in [2.75, 3.05) is 6.54 Å². The number of amides is 2. The summed E-state index contributed by atoms with van der Waals surface area (Å²) in [6.45, 7) is 0.650. The van der Waals surface area contributed by atoms with Gasteiger partial charge in [-0.05, 0) is 37.5 Å². The van der Waals surface area contributed by atoms with Gasteiger partial charge in [0.1, 0.15) is 11.7 Å². The zero-order valence-corrected chi connectivity index (χ0v) is 13.2. The number of hydrogen-bond acceptors (Lipinski definition) is 2. The molecule has 1 aliphatic heterocycles. The lowest BCUT2D eigenvalue weighted by molar-refractivity contribution is -0.122. The minimum atomic E-state index is -0.527. The topological polar surface area (TPSA) is 74.0 Å². The molecule has 2 heterocycles. The van der Waals surface area contributed by atoms with Gasteiger partial charge < -0.3 is 15.6 Å². The van der Waals surface area contributed by atoms with Gasteiger partial charge in [-0.15, -0.1) is 0 Å². The number of rotatable bonds is 2. The molecule has 1 aromatic carbocycles. The second-order valence-electron chi connectivity index (χ2n) is 5.32. The zero-order valence-electron chi connectivity index (χ0n) is 11.7. The number of carbonyl (C=O) groups is 2. The first-order chi connectivity index (χ1) is 10.6. The van der Waals surface area contributed by atoms with Crippen LogP contribution in [0.4, 0.5) is 0 Å². The minimum absolute atomic E-state index is 0.152. The van der Waals surface area contributed by atoms with Crippen molar-refractivity contribution in [1.82, 2.24) is 15.6 Å². The van der Waals surface area contributed by atoms with Gasteiger partial charge in [0.25, 0.3) is 5.91 Å². The maximum Gasteiger partial charge on any atom is 0.269 e. The predicted octanol–water partition coefficient (Wildman–Crippen LogP) is 2.87. The normalized spacial score (nSPS) is 18.8. The lowest BCUT2D eigenvalue weighted by atomic mass is 10.1. The number of aromatic amines is 1. The van der Waals surface area contributed by atoms with Crippen LogP contribution in [0.25, 0.3) is 10.9 Å². The quantitative estimate of drug-likeness (QED) is 0.786. The first kappa shape index (κ1) is 15.2. The fourth-order valence-corrected chi connectivity index (χ4v) is 3.06. The van der Waals surface area contributed by atoms with Crippen molar-refractivity contribution in [1.29, 1.82) is 0 Å². The Labute approximate surface area is 137 Å². The van der Waals surface area contributed by atoms with E-state index in [0.29, 0.717) is 28.4 Å². The van der Waals surface area contributed by atoms with Gasteiger partial charge in [-0.25, -0.2) is 0 Å². The van der Waals surface area contributed by atoms with Gasteiger partial charge in [0.2, 0.25) is 5.91 Å². The lowest BCUT2D eigenvalue weighted by Gasteiger charge is -2.14. The first-order valence-electron chi connectivity index (χ1n) is 7.11. The Morgan fingerprint density at radius 2 is 2.09 bits per heavy atom. The molecule has 1 fully saturated rings. The van der Waals surface area contributed by atoms with E-state index in [9.17, 15) is 9.59 Å². The molecule has 3 N–H and O–H groups in total. The third kappa shape index (κ3) is 2.91. The van der Waals surface area contributed by atoms with E-state index in [-0.39, 0.29) is 17.5 Å². The molecule has 2 amide bonds. The molecule has 1 atom stereocenters. The monoisotopic (exact) mass is 339 g/mol. The van der Waals surface area contributed by atoms with Gasteiger partial charge in [0.05, 0.1) is 5.02 Å². The average molecular weight is 340 g/mol. The van der Waals surface area contributed by atoms with Crippen molar-refractivity contribution < 1.29 is 9.59 Å². The molecule has 22 heavy (non-hydrogen) atoms. The summed E-state index contributed by atoms with van der Waals surface area (Å²) in [6, 6.07) is 4.65. The van der Waals surface area contributed by atoms with E-state index in [0.717, 1.165) is 18.4 Å². The smallest absolute Gasteiger partial charge is 0.269 e. The van der Waals surface area contributed by atoms with E-state index in [2.05, 4.69) is 15.6 Å². The lowest BCUT2D eigenvalue weighted by Crippen LogP contribution is -2.45. The van der Waals surface area contributed by atoms with Crippen LogP contribution in [0.15, 0.2) is 18.2 Å². The minimum Gasteiger partial charge on any atom is -0.354 e. The molecule has 0 spiro atoms. The highest BCUT2D eigenvalue weighted by molar-refractivity contribution is 6.39. The Morgan fingerprint density at radius 1 is 1.27 bits per heavy atom. The summed E-state index contributed by atoms with van der Waals surface area (Å²) in [5.41, 5.74) is 0.973. The van der Waals surface area contributed by atoms with Crippen LogP contribution in [0, 0.1) is 0 Å². The Morgan fingerprint density at radius 3 is 2.91 bits per heavy atom. The third-order valence-electron chi connectivity index (χ3n) is 3.76. The van der Waals surface area contributed by atoms with Gasteiger partial charge in [0.15, 0.2) is 0 Å². The largest absolute Gasteiger partial charge is 0.354 e. The summed E-state index contributed by atoms with van der Waals surface area (Å²) in [4.78, 5) is 27.3. The fourth-order valence-electron chi connectivity index (χ4n) is 2.60. The van der Waals surface area contributed by atoms with Crippen LogP contribution < -0.4 is 10.6 Å². The average Bonchev–Trinajstić information content (AvgIpc) is 2.68. The number of fused-ring (bicyclic) bond motifs is 1. The molecule has 0 radical (unpaired) electrons. The second-order valence-corrected chi connectivity index (χ2v) is 6.13. The van der Waals surface area contributed by atoms with Gasteiger partial charge in [-0.3, -0.25) is 9.59 Å². The van der Waals surface area contributed by atoms with Crippen molar-refractivity contribution in [3.05, 3.63) is 33.9 Å². The number of carbonyl (C=O) groups excluding carboxylic acids is 2.